The van der Waals surface area contributed by atoms with E-state index in [2.05, 4.69) is 16.9 Å². The van der Waals surface area contributed by atoms with Crippen LogP contribution in [0.2, 0.25) is 0 Å². The molecular formula is C11H16N2O3. The molecule has 1 aliphatic rings. The number of rotatable bonds is 3. The Hall–Kier alpha value is -1.36. The van der Waals surface area contributed by atoms with E-state index in [1.54, 1.807) is 6.20 Å². The van der Waals surface area contributed by atoms with Gasteiger partial charge in [-0.25, -0.2) is 4.98 Å². The van der Waals surface area contributed by atoms with E-state index >= 15 is 0 Å². The second-order valence-electron chi connectivity index (χ2n) is 4.49. The Morgan fingerprint density at radius 2 is 2.31 bits per heavy atom. The minimum Gasteiger partial charge on any atom is -0.481 e. The number of nitrogens with one attached hydrogen (secondary N) is 1. The van der Waals surface area contributed by atoms with Crippen molar-refractivity contribution in [2.45, 2.75) is 31.6 Å². The van der Waals surface area contributed by atoms with Crippen LogP contribution in [0.4, 0.5) is 0 Å². The zero-order valence-corrected chi connectivity index (χ0v) is 9.32. The average Bonchev–Trinajstić information content (AvgIpc) is 2.67. The molecule has 0 spiro atoms. The standard InChI is InChI=1S/C11H16N2O3/c1-11(2-4-16-5-3-11)8-7-12-9(13-8)6-10(14)15/h7H,2-6H2,1H3,(H,12,13)(H,14,15). The van der Waals surface area contributed by atoms with Crippen molar-refractivity contribution in [1.82, 2.24) is 9.97 Å². The summed E-state index contributed by atoms with van der Waals surface area (Å²) < 4.78 is 5.33. The van der Waals surface area contributed by atoms with Crippen LogP contribution in [-0.2, 0) is 21.4 Å². The predicted molar refractivity (Wildman–Crippen MR) is 57.3 cm³/mol. The Labute approximate surface area is 93.8 Å². The molecule has 1 aromatic heterocycles. The van der Waals surface area contributed by atoms with Crippen LogP contribution in [0.3, 0.4) is 0 Å². The third-order valence-corrected chi connectivity index (χ3v) is 3.19. The summed E-state index contributed by atoms with van der Waals surface area (Å²) in [6, 6.07) is 0. The fourth-order valence-electron chi connectivity index (χ4n) is 1.99. The van der Waals surface area contributed by atoms with Crippen molar-refractivity contribution in [2.75, 3.05) is 13.2 Å². The van der Waals surface area contributed by atoms with E-state index in [0.717, 1.165) is 31.7 Å². The van der Waals surface area contributed by atoms with Crippen LogP contribution in [0.5, 0.6) is 0 Å². The molecule has 1 aromatic rings. The summed E-state index contributed by atoms with van der Waals surface area (Å²) in [4.78, 5) is 17.8. The number of imidazole rings is 1. The maximum atomic E-state index is 10.6. The molecule has 0 unspecified atom stereocenters. The van der Waals surface area contributed by atoms with Crippen LogP contribution in [-0.4, -0.2) is 34.3 Å². The number of H-pyrrole nitrogens is 1. The van der Waals surface area contributed by atoms with E-state index in [-0.39, 0.29) is 11.8 Å². The van der Waals surface area contributed by atoms with Crippen molar-refractivity contribution in [3.05, 3.63) is 17.7 Å². The summed E-state index contributed by atoms with van der Waals surface area (Å²) in [5.74, 6) is -0.340. The van der Waals surface area contributed by atoms with E-state index in [9.17, 15) is 4.79 Å². The first-order valence-corrected chi connectivity index (χ1v) is 5.44. The zero-order valence-electron chi connectivity index (χ0n) is 9.32. The molecule has 0 aromatic carbocycles. The average molecular weight is 224 g/mol. The maximum absolute atomic E-state index is 10.6. The number of carboxylic acid groups (broad SMARTS) is 1. The molecule has 0 aliphatic carbocycles. The van der Waals surface area contributed by atoms with Crippen LogP contribution in [0.15, 0.2) is 6.20 Å². The van der Waals surface area contributed by atoms with Crippen molar-refractivity contribution < 1.29 is 14.6 Å². The normalized spacial score (nSPS) is 19.6. The largest absolute Gasteiger partial charge is 0.481 e. The topological polar surface area (TPSA) is 75.2 Å². The molecule has 1 fully saturated rings. The molecule has 2 N–H and O–H groups in total. The number of aromatic amines is 1. The molecule has 1 saturated heterocycles. The number of carbonyl (C=O) groups is 1. The number of hydrogen-bond donors (Lipinski definition) is 2. The van der Waals surface area contributed by atoms with E-state index in [1.165, 1.54) is 0 Å². The zero-order chi connectivity index (χ0) is 11.6. The molecule has 0 radical (unpaired) electrons. The second kappa shape index (κ2) is 4.25. The molecule has 16 heavy (non-hydrogen) atoms. The maximum Gasteiger partial charge on any atom is 0.311 e. The third-order valence-electron chi connectivity index (χ3n) is 3.19. The van der Waals surface area contributed by atoms with Gasteiger partial charge in [0.15, 0.2) is 0 Å². The SMILES string of the molecule is CC1(c2cnc(CC(=O)O)[nH]2)CCOCC1. The fourth-order valence-corrected chi connectivity index (χ4v) is 1.99. The Morgan fingerprint density at radius 1 is 1.62 bits per heavy atom. The summed E-state index contributed by atoms with van der Waals surface area (Å²) >= 11 is 0. The molecule has 5 heteroatoms. The third kappa shape index (κ3) is 2.24. The lowest BCUT2D eigenvalue weighted by atomic mass is 9.80. The molecule has 0 saturated carbocycles. The number of hydrogen-bond acceptors (Lipinski definition) is 3. The highest BCUT2D eigenvalue weighted by Gasteiger charge is 2.31. The smallest absolute Gasteiger partial charge is 0.311 e. The van der Waals surface area contributed by atoms with Crippen LogP contribution in [0.1, 0.15) is 31.3 Å². The van der Waals surface area contributed by atoms with Gasteiger partial charge in [0.05, 0.1) is 0 Å². The summed E-state index contributed by atoms with van der Waals surface area (Å²) in [5.41, 5.74) is 1.06. The summed E-state index contributed by atoms with van der Waals surface area (Å²) in [6.45, 7) is 3.67. The molecule has 1 aliphatic heterocycles. The number of aromatic nitrogens is 2. The lowest BCUT2D eigenvalue weighted by Gasteiger charge is -2.32. The summed E-state index contributed by atoms with van der Waals surface area (Å²) in [7, 11) is 0. The molecule has 2 rings (SSSR count). The van der Waals surface area contributed by atoms with Crippen molar-refractivity contribution in [1.29, 1.82) is 0 Å². The lowest BCUT2D eigenvalue weighted by Crippen LogP contribution is -2.31. The molecular weight excluding hydrogens is 208 g/mol. The fraction of sp³-hybridized carbons (Fsp3) is 0.636. The highest BCUT2D eigenvalue weighted by molar-refractivity contribution is 5.69. The number of carboxylic acids is 1. The van der Waals surface area contributed by atoms with Gasteiger partial charge in [0.2, 0.25) is 0 Å². The van der Waals surface area contributed by atoms with Crippen LogP contribution in [0.25, 0.3) is 0 Å². The van der Waals surface area contributed by atoms with Gasteiger partial charge in [-0.05, 0) is 12.8 Å². The highest BCUT2D eigenvalue weighted by Crippen LogP contribution is 2.32. The van der Waals surface area contributed by atoms with Gasteiger partial charge in [-0.15, -0.1) is 0 Å². The predicted octanol–water partition coefficient (Wildman–Crippen LogP) is 1.10. The van der Waals surface area contributed by atoms with Gasteiger partial charge in [0, 0.05) is 30.5 Å². The van der Waals surface area contributed by atoms with Crippen LogP contribution < -0.4 is 0 Å². The summed E-state index contributed by atoms with van der Waals surface area (Å²) in [6.07, 6.45) is 3.60. The van der Waals surface area contributed by atoms with E-state index in [0.29, 0.717) is 5.82 Å². The lowest BCUT2D eigenvalue weighted by molar-refractivity contribution is -0.136. The minimum absolute atomic E-state index is 0.0437. The first-order chi connectivity index (χ1) is 7.60. The van der Waals surface area contributed by atoms with Crippen LogP contribution in [0, 0.1) is 0 Å². The first-order valence-electron chi connectivity index (χ1n) is 5.44. The molecule has 2 heterocycles. The minimum atomic E-state index is -0.863. The highest BCUT2D eigenvalue weighted by atomic mass is 16.5. The van der Waals surface area contributed by atoms with Gasteiger partial charge in [0.1, 0.15) is 12.2 Å². The van der Waals surface area contributed by atoms with E-state index in [1.807, 2.05) is 0 Å². The molecule has 0 amide bonds. The Kier molecular flexibility index (Phi) is 2.96. The Balaban J connectivity index is 2.13. The Bertz CT molecular complexity index is 380. The van der Waals surface area contributed by atoms with Gasteiger partial charge < -0.3 is 14.8 Å². The van der Waals surface area contributed by atoms with Gasteiger partial charge in [-0.1, -0.05) is 6.92 Å². The van der Waals surface area contributed by atoms with Crippen molar-refractivity contribution in [3.8, 4) is 0 Å². The monoisotopic (exact) mass is 224 g/mol. The number of nitrogens with zero attached hydrogens (tertiary/aromatic N) is 1. The first kappa shape index (κ1) is 11.1. The van der Waals surface area contributed by atoms with Gasteiger partial charge in [-0.3, -0.25) is 4.79 Å². The molecule has 0 bridgehead atoms. The number of aliphatic carboxylic acids is 1. The molecule has 88 valence electrons. The Morgan fingerprint density at radius 3 is 2.94 bits per heavy atom. The van der Waals surface area contributed by atoms with Crippen molar-refractivity contribution in [3.63, 3.8) is 0 Å². The molecule has 0 atom stereocenters. The van der Waals surface area contributed by atoms with Crippen molar-refractivity contribution >= 4 is 5.97 Å². The van der Waals surface area contributed by atoms with E-state index < -0.39 is 5.97 Å². The van der Waals surface area contributed by atoms with Crippen LogP contribution >= 0.6 is 0 Å². The quantitative estimate of drug-likeness (QED) is 0.806. The van der Waals surface area contributed by atoms with Gasteiger partial charge in [0.25, 0.3) is 0 Å². The van der Waals surface area contributed by atoms with Gasteiger partial charge in [-0.2, -0.15) is 0 Å². The van der Waals surface area contributed by atoms with Gasteiger partial charge >= 0.3 is 5.97 Å². The second-order valence-corrected chi connectivity index (χ2v) is 4.49. The van der Waals surface area contributed by atoms with E-state index in [4.69, 9.17) is 9.84 Å². The number of ether oxygens (including phenoxy) is 1. The van der Waals surface area contributed by atoms with Crippen molar-refractivity contribution in [2.24, 2.45) is 0 Å². The molecule has 5 nitrogen and oxygen atoms in total. The summed E-state index contributed by atoms with van der Waals surface area (Å²) in [5, 5.41) is 8.67.